The Morgan fingerprint density at radius 1 is 0.694 bits per heavy atom. The van der Waals surface area contributed by atoms with Gasteiger partial charge in [0, 0.05) is 25.2 Å². The third-order valence-corrected chi connectivity index (χ3v) is 7.53. The van der Waals surface area contributed by atoms with Gasteiger partial charge in [0.15, 0.2) is 0 Å². The molecular weight excluding hydrogens is 448 g/mol. The molecule has 0 bridgehead atoms. The molecule has 0 saturated carbocycles. The maximum absolute atomic E-state index is 9.67. The average molecular weight is 481 g/mol. The predicted molar refractivity (Wildman–Crippen MR) is 142 cm³/mol. The van der Waals surface area contributed by atoms with Crippen molar-refractivity contribution in [3.63, 3.8) is 0 Å². The van der Waals surface area contributed by atoms with Gasteiger partial charge in [0.25, 0.3) is 0 Å². The molecule has 0 radical (unpaired) electrons. The van der Waals surface area contributed by atoms with E-state index in [4.69, 9.17) is 4.99 Å². The molecule has 6 heteroatoms. The Morgan fingerprint density at radius 3 is 2.00 bits per heavy atom. The number of fused-ring (bicyclic) bond motifs is 2. The smallest absolute Gasteiger partial charge is 0.127 e. The van der Waals surface area contributed by atoms with Gasteiger partial charge >= 0.3 is 0 Å². The quantitative estimate of drug-likeness (QED) is 0.502. The third-order valence-electron chi connectivity index (χ3n) is 7.53. The van der Waals surface area contributed by atoms with E-state index in [1.807, 2.05) is 24.3 Å². The van der Waals surface area contributed by atoms with Crippen LogP contribution in [0.3, 0.4) is 0 Å². The van der Waals surface area contributed by atoms with Crippen LogP contribution in [0.15, 0.2) is 95.8 Å². The highest BCUT2D eigenvalue weighted by Crippen LogP contribution is 2.29. The van der Waals surface area contributed by atoms with Crippen LogP contribution in [0.2, 0.25) is 0 Å². The fraction of sp³-hybridized carbons (Fsp3) is 0.300. The van der Waals surface area contributed by atoms with Crippen LogP contribution in [0, 0.1) is 0 Å². The van der Waals surface area contributed by atoms with Gasteiger partial charge < -0.3 is 25.3 Å². The molecule has 184 valence electrons. The van der Waals surface area contributed by atoms with E-state index in [0.29, 0.717) is 29.6 Å². The second kappa shape index (κ2) is 9.61. The lowest BCUT2D eigenvalue weighted by molar-refractivity contribution is 0.215. The molecule has 3 atom stereocenters. The van der Waals surface area contributed by atoms with Crippen LogP contribution in [0.1, 0.15) is 16.7 Å². The van der Waals surface area contributed by atoms with Gasteiger partial charge in [-0.2, -0.15) is 0 Å². The SMILES string of the molecule is Oc1ccc(C[C@H]2CN3C(=CC4=NC[C@H](Cc5ccc(O)cc5)N4C[C@@H]3Cc3ccccc3)N2)cc1. The summed E-state index contributed by atoms with van der Waals surface area (Å²) >= 11 is 0. The Kier molecular flexibility index (Phi) is 6.01. The minimum absolute atomic E-state index is 0.304. The van der Waals surface area contributed by atoms with E-state index in [9.17, 15) is 10.2 Å². The fourth-order valence-electron chi connectivity index (χ4n) is 5.71. The highest BCUT2D eigenvalue weighted by molar-refractivity contribution is 5.95. The van der Waals surface area contributed by atoms with Gasteiger partial charge in [-0.3, -0.25) is 4.99 Å². The van der Waals surface area contributed by atoms with Crippen LogP contribution in [-0.4, -0.2) is 63.6 Å². The molecule has 3 N–H and O–H groups in total. The maximum atomic E-state index is 9.67. The van der Waals surface area contributed by atoms with E-state index in [0.717, 1.165) is 50.6 Å². The molecule has 0 amide bonds. The lowest BCUT2D eigenvalue weighted by atomic mass is 10.0. The first kappa shape index (κ1) is 22.5. The van der Waals surface area contributed by atoms with Crippen molar-refractivity contribution in [3.8, 4) is 11.5 Å². The number of hydrogen-bond acceptors (Lipinski definition) is 6. The number of aromatic hydroxyl groups is 2. The predicted octanol–water partition coefficient (Wildman–Crippen LogP) is 3.71. The molecule has 0 aromatic heterocycles. The first-order valence-corrected chi connectivity index (χ1v) is 12.8. The summed E-state index contributed by atoms with van der Waals surface area (Å²) in [4.78, 5) is 9.98. The zero-order valence-electron chi connectivity index (χ0n) is 20.3. The van der Waals surface area contributed by atoms with Gasteiger partial charge in [-0.05, 0) is 60.2 Å². The Morgan fingerprint density at radius 2 is 1.31 bits per heavy atom. The molecule has 3 aliphatic rings. The molecule has 3 aromatic carbocycles. The summed E-state index contributed by atoms with van der Waals surface area (Å²) in [7, 11) is 0. The summed E-state index contributed by atoms with van der Waals surface area (Å²) in [5.74, 6) is 2.83. The zero-order valence-corrected chi connectivity index (χ0v) is 20.3. The van der Waals surface area contributed by atoms with Gasteiger partial charge in [-0.15, -0.1) is 0 Å². The number of nitrogens with zero attached hydrogens (tertiary/aromatic N) is 3. The number of hydrogen-bond donors (Lipinski definition) is 3. The summed E-state index contributed by atoms with van der Waals surface area (Å²) in [6.45, 7) is 2.65. The Labute approximate surface area is 212 Å². The van der Waals surface area contributed by atoms with E-state index in [-0.39, 0.29) is 0 Å². The highest BCUT2D eigenvalue weighted by Gasteiger charge is 2.39. The summed E-state index contributed by atoms with van der Waals surface area (Å²) in [5.41, 5.74) is 3.79. The molecule has 36 heavy (non-hydrogen) atoms. The summed E-state index contributed by atoms with van der Waals surface area (Å²) < 4.78 is 0. The molecular formula is C30H32N4O2. The molecule has 3 heterocycles. The first-order valence-electron chi connectivity index (χ1n) is 12.8. The number of nitrogens with one attached hydrogen (secondary N) is 1. The molecule has 3 aromatic rings. The lowest BCUT2D eigenvalue weighted by Gasteiger charge is -2.34. The first-order chi connectivity index (χ1) is 17.6. The van der Waals surface area contributed by atoms with Crippen molar-refractivity contribution in [1.82, 2.24) is 15.1 Å². The Bertz CT molecular complexity index is 1250. The van der Waals surface area contributed by atoms with E-state index < -0.39 is 0 Å². The van der Waals surface area contributed by atoms with Crippen LogP contribution >= 0.6 is 0 Å². The zero-order chi connectivity index (χ0) is 24.5. The number of rotatable bonds is 6. The third kappa shape index (κ3) is 4.76. The molecule has 3 aliphatic heterocycles. The molecule has 1 saturated heterocycles. The fourth-order valence-corrected chi connectivity index (χ4v) is 5.71. The minimum atomic E-state index is 0.304. The Balaban J connectivity index is 1.25. The van der Waals surface area contributed by atoms with Gasteiger partial charge in [-0.1, -0.05) is 54.6 Å². The molecule has 0 unspecified atom stereocenters. The van der Waals surface area contributed by atoms with Gasteiger partial charge in [0.05, 0.1) is 18.6 Å². The van der Waals surface area contributed by atoms with E-state index in [1.54, 1.807) is 24.3 Å². The summed E-state index contributed by atoms with van der Waals surface area (Å²) in [6.07, 6.45) is 5.03. The van der Waals surface area contributed by atoms with Gasteiger partial charge in [-0.25, -0.2) is 0 Å². The van der Waals surface area contributed by atoms with Gasteiger partial charge in [0.2, 0.25) is 0 Å². The van der Waals surface area contributed by atoms with E-state index in [2.05, 4.69) is 51.5 Å². The summed E-state index contributed by atoms with van der Waals surface area (Å²) in [5, 5.41) is 23.1. The van der Waals surface area contributed by atoms with E-state index >= 15 is 0 Å². The van der Waals surface area contributed by atoms with Crippen LogP contribution < -0.4 is 5.32 Å². The second-order valence-corrected chi connectivity index (χ2v) is 10.1. The van der Waals surface area contributed by atoms with Crippen molar-refractivity contribution in [1.29, 1.82) is 0 Å². The second-order valence-electron chi connectivity index (χ2n) is 10.1. The van der Waals surface area contributed by atoms with Crippen molar-refractivity contribution in [2.75, 3.05) is 19.6 Å². The molecule has 0 aliphatic carbocycles. The van der Waals surface area contributed by atoms with Crippen molar-refractivity contribution in [2.45, 2.75) is 37.4 Å². The largest absolute Gasteiger partial charge is 0.508 e. The minimum Gasteiger partial charge on any atom is -0.508 e. The molecule has 6 nitrogen and oxygen atoms in total. The Hall–Kier alpha value is -3.93. The summed E-state index contributed by atoms with van der Waals surface area (Å²) in [6, 6.07) is 26.8. The van der Waals surface area contributed by atoms with Crippen molar-refractivity contribution >= 4 is 5.84 Å². The monoisotopic (exact) mass is 480 g/mol. The topological polar surface area (TPSA) is 71.3 Å². The number of aliphatic imine (C=N–C) groups is 1. The van der Waals surface area contributed by atoms with E-state index in [1.165, 1.54) is 16.7 Å². The van der Waals surface area contributed by atoms with Crippen LogP contribution in [-0.2, 0) is 19.3 Å². The molecule has 1 fully saturated rings. The van der Waals surface area contributed by atoms with Crippen molar-refractivity contribution < 1.29 is 10.2 Å². The standard InChI is InChI=1S/C30H32N4O2/c35-27-10-6-22(7-11-27)14-24-19-33-26(16-21-4-2-1-3-5-21)20-34-25(15-23-8-12-28(36)13-9-23)18-31-29(34)17-30(33)32-24/h1-13,17,24-26,32,35-36H,14-16,18-20H2/t24-,25-,26-/m0/s1. The number of phenols is 2. The molecule has 0 spiro atoms. The van der Waals surface area contributed by atoms with Crippen LogP contribution in [0.4, 0.5) is 0 Å². The maximum Gasteiger partial charge on any atom is 0.127 e. The average Bonchev–Trinajstić information content (AvgIpc) is 3.42. The highest BCUT2D eigenvalue weighted by atomic mass is 16.3. The van der Waals surface area contributed by atoms with Crippen molar-refractivity contribution in [3.05, 3.63) is 107 Å². The number of benzene rings is 3. The molecule has 6 rings (SSSR count). The van der Waals surface area contributed by atoms with Gasteiger partial charge in [0.1, 0.15) is 23.2 Å². The van der Waals surface area contributed by atoms with Crippen LogP contribution in [0.5, 0.6) is 11.5 Å². The van der Waals surface area contributed by atoms with Crippen molar-refractivity contribution in [2.24, 2.45) is 4.99 Å². The normalized spacial score (nSPS) is 22.8. The van der Waals surface area contributed by atoms with Crippen LogP contribution in [0.25, 0.3) is 0 Å². The lowest BCUT2D eigenvalue weighted by Crippen LogP contribution is -2.46. The number of phenolic OH excluding ortho intramolecular Hbond substituents is 2. The number of amidine groups is 1.